The molecule has 0 N–H and O–H groups in total. The molecule has 2 aromatic heterocycles. The Morgan fingerprint density at radius 3 is 2.58 bits per heavy atom. The zero-order chi connectivity index (χ0) is 26.7. The van der Waals surface area contributed by atoms with Crippen molar-refractivity contribution in [2.24, 2.45) is 5.92 Å². The van der Waals surface area contributed by atoms with Gasteiger partial charge in [-0.25, -0.2) is 13.4 Å². The maximum absolute atomic E-state index is 14.1. The average molecular weight is 569 g/mol. The number of fused-ring (bicyclic) bond motifs is 7. The number of aryl methyl sites for hydroxylation is 1. The SMILES string of the molecule is Cc1ccc(S(=O)(=O)OC(=CC2CCCC2)c2c3c4cccnc4n2[S+]([O-])c2cccc(c2)S3(=O)=O)cc1. The van der Waals surface area contributed by atoms with Crippen molar-refractivity contribution in [1.82, 2.24) is 8.96 Å². The highest BCUT2D eigenvalue weighted by molar-refractivity contribution is 7.92. The van der Waals surface area contributed by atoms with Crippen molar-refractivity contribution >= 4 is 48.1 Å². The Morgan fingerprint density at radius 1 is 1.11 bits per heavy atom. The summed E-state index contributed by atoms with van der Waals surface area (Å²) in [5.41, 5.74) is 0.964. The van der Waals surface area contributed by atoms with Crippen molar-refractivity contribution in [1.29, 1.82) is 0 Å². The molecular weight excluding hydrogens is 545 g/mol. The Kier molecular flexibility index (Phi) is 6.14. The van der Waals surface area contributed by atoms with Crippen molar-refractivity contribution in [3.63, 3.8) is 0 Å². The number of nitrogens with zero attached hydrogens (tertiary/aromatic N) is 2. The van der Waals surface area contributed by atoms with E-state index in [2.05, 4.69) is 4.98 Å². The van der Waals surface area contributed by atoms with Gasteiger partial charge in [0.1, 0.15) is 21.2 Å². The van der Waals surface area contributed by atoms with Crippen molar-refractivity contribution in [3.05, 3.63) is 84.2 Å². The highest BCUT2D eigenvalue weighted by atomic mass is 32.2. The smallest absolute Gasteiger partial charge is 0.339 e. The number of pyridine rings is 1. The van der Waals surface area contributed by atoms with Gasteiger partial charge in [-0.3, -0.25) is 0 Å². The molecule has 196 valence electrons. The highest BCUT2D eigenvalue weighted by Gasteiger charge is 2.41. The molecule has 1 aliphatic heterocycles. The maximum Gasteiger partial charge on any atom is 0.339 e. The molecule has 2 aromatic carbocycles. The van der Waals surface area contributed by atoms with Gasteiger partial charge >= 0.3 is 10.1 Å². The van der Waals surface area contributed by atoms with Gasteiger partial charge in [0.25, 0.3) is 0 Å². The number of rotatable bonds is 5. The van der Waals surface area contributed by atoms with E-state index in [4.69, 9.17) is 4.18 Å². The molecule has 0 amide bonds. The van der Waals surface area contributed by atoms with E-state index < -0.39 is 31.3 Å². The Bertz CT molecular complexity index is 1800. The van der Waals surface area contributed by atoms with E-state index >= 15 is 0 Å². The largest absolute Gasteiger partial charge is 0.587 e. The summed E-state index contributed by atoms with van der Waals surface area (Å²) in [6.07, 6.45) is 6.70. The van der Waals surface area contributed by atoms with E-state index in [1.165, 1.54) is 40.5 Å². The molecule has 0 saturated heterocycles. The molecule has 1 saturated carbocycles. The van der Waals surface area contributed by atoms with Gasteiger partial charge in [-0.05, 0) is 68.2 Å². The fourth-order valence-electron chi connectivity index (χ4n) is 5.04. The second-order valence-corrected chi connectivity index (χ2v) is 14.3. The minimum Gasteiger partial charge on any atom is -0.587 e. The number of benzene rings is 2. The predicted octanol–water partition coefficient (Wildman–Crippen LogP) is 5.00. The first kappa shape index (κ1) is 25.2. The Morgan fingerprint density at radius 2 is 1.84 bits per heavy atom. The van der Waals surface area contributed by atoms with Crippen LogP contribution >= 0.6 is 0 Å². The van der Waals surface area contributed by atoms with E-state index in [1.807, 2.05) is 6.92 Å². The van der Waals surface area contributed by atoms with E-state index in [9.17, 15) is 21.4 Å². The summed E-state index contributed by atoms with van der Waals surface area (Å²) in [7, 11) is -8.53. The van der Waals surface area contributed by atoms with Crippen LogP contribution in [0.3, 0.4) is 0 Å². The molecule has 3 heterocycles. The molecule has 1 atom stereocenters. The van der Waals surface area contributed by atoms with Crippen molar-refractivity contribution in [2.75, 3.05) is 0 Å². The summed E-state index contributed by atoms with van der Waals surface area (Å²) in [5.74, 6) is -0.185. The summed E-state index contributed by atoms with van der Waals surface area (Å²) >= 11 is -1.93. The lowest BCUT2D eigenvalue weighted by Crippen LogP contribution is -2.21. The summed E-state index contributed by atoms with van der Waals surface area (Å²) in [5, 5.41) is 0.243. The monoisotopic (exact) mass is 568 g/mol. The fourth-order valence-corrected chi connectivity index (χ4v) is 9.06. The molecule has 6 rings (SSSR count). The van der Waals surface area contributed by atoms with Crippen LogP contribution in [0.25, 0.3) is 16.8 Å². The van der Waals surface area contributed by atoms with E-state index in [-0.39, 0.29) is 48.0 Å². The molecule has 4 bridgehead atoms. The Labute approximate surface area is 224 Å². The minimum absolute atomic E-state index is 0.0256. The van der Waals surface area contributed by atoms with E-state index in [1.54, 1.807) is 36.4 Å². The third kappa shape index (κ3) is 4.14. The first-order valence-corrected chi connectivity index (χ1v) is 16.2. The number of hydrogen-bond donors (Lipinski definition) is 0. The quantitative estimate of drug-likeness (QED) is 0.189. The third-order valence-electron chi connectivity index (χ3n) is 6.92. The van der Waals surface area contributed by atoms with Crippen LogP contribution in [-0.2, 0) is 35.5 Å². The predicted molar refractivity (Wildman–Crippen MR) is 143 cm³/mol. The van der Waals surface area contributed by atoms with Crippen LogP contribution in [0.4, 0.5) is 0 Å². The molecule has 0 radical (unpaired) electrons. The number of sulfone groups is 1. The second kappa shape index (κ2) is 9.26. The highest BCUT2D eigenvalue weighted by Crippen LogP contribution is 2.43. The third-order valence-corrected chi connectivity index (χ3v) is 11.3. The van der Waals surface area contributed by atoms with Gasteiger partial charge < -0.3 is 8.74 Å². The molecule has 1 aliphatic carbocycles. The van der Waals surface area contributed by atoms with Gasteiger partial charge in [0.2, 0.25) is 9.84 Å². The number of allylic oxidation sites excluding steroid dienone is 1. The zero-order valence-electron chi connectivity index (χ0n) is 20.4. The molecule has 1 unspecified atom stereocenters. The normalized spacial score (nSPS) is 19.3. The van der Waals surface area contributed by atoms with Gasteiger partial charge in [0.05, 0.1) is 4.90 Å². The van der Waals surface area contributed by atoms with Crippen LogP contribution in [0.5, 0.6) is 0 Å². The molecular formula is C27H24N2O6S3. The van der Waals surface area contributed by atoms with Crippen LogP contribution in [0.15, 0.2) is 92.5 Å². The van der Waals surface area contributed by atoms with Crippen LogP contribution < -0.4 is 0 Å². The van der Waals surface area contributed by atoms with Gasteiger partial charge in [0, 0.05) is 17.6 Å². The number of hydrogen-bond acceptors (Lipinski definition) is 7. The molecule has 0 spiro atoms. The molecule has 2 aliphatic rings. The van der Waals surface area contributed by atoms with Gasteiger partial charge in [-0.1, -0.05) is 36.6 Å². The van der Waals surface area contributed by atoms with Crippen molar-refractivity contribution in [2.45, 2.75) is 52.2 Å². The minimum atomic E-state index is -4.35. The van der Waals surface area contributed by atoms with E-state index in [0.29, 0.717) is 0 Å². The molecule has 4 aromatic rings. The van der Waals surface area contributed by atoms with Gasteiger partial charge in [-0.15, -0.1) is 3.97 Å². The number of aromatic nitrogens is 2. The van der Waals surface area contributed by atoms with Gasteiger partial charge in [0.15, 0.2) is 22.0 Å². The van der Waals surface area contributed by atoms with Crippen LogP contribution in [0, 0.1) is 12.8 Å². The standard InChI is InChI=1S/C27H24N2O6S3/c1-18-11-13-21(14-12-18)38(33,34)35-24(16-19-6-2-3-7-19)25-26-23-10-5-15-28-27(23)29(25)36(30)20-8-4-9-22(17-20)37(26,31)32/h4-5,8-17,19H,2-3,6-7H2,1H3. The average Bonchev–Trinajstić information content (AvgIpc) is 3.54. The summed E-state index contributed by atoms with van der Waals surface area (Å²) in [6, 6.07) is 15.3. The molecule has 11 heteroatoms. The van der Waals surface area contributed by atoms with Crippen LogP contribution in [0.1, 0.15) is 36.9 Å². The topological polar surface area (TPSA) is 118 Å². The van der Waals surface area contributed by atoms with Gasteiger partial charge in [-0.2, -0.15) is 8.42 Å². The molecule has 38 heavy (non-hydrogen) atoms. The lowest BCUT2D eigenvalue weighted by Gasteiger charge is -2.20. The summed E-state index contributed by atoms with van der Waals surface area (Å²) in [4.78, 5) is 4.35. The van der Waals surface area contributed by atoms with Crippen molar-refractivity contribution in [3.8, 4) is 0 Å². The zero-order valence-corrected chi connectivity index (χ0v) is 22.9. The first-order chi connectivity index (χ1) is 18.2. The van der Waals surface area contributed by atoms with Crippen LogP contribution in [0.2, 0.25) is 0 Å². The summed E-state index contributed by atoms with van der Waals surface area (Å²) < 4.78 is 76.1. The lowest BCUT2D eigenvalue weighted by molar-refractivity contribution is 0.456. The van der Waals surface area contributed by atoms with E-state index in [0.717, 1.165) is 31.2 Å². The Balaban J connectivity index is 1.66. The fraction of sp³-hybridized carbons (Fsp3) is 0.222. The lowest BCUT2D eigenvalue weighted by atomic mass is 10.1. The Hall–Kier alpha value is -3.12. The van der Waals surface area contributed by atoms with Crippen molar-refractivity contribution < 1.29 is 25.6 Å². The molecule has 1 fully saturated rings. The second-order valence-electron chi connectivity index (χ2n) is 9.50. The maximum atomic E-state index is 14.1. The van der Waals surface area contributed by atoms with Crippen LogP contribution in [-0.4, -0.2) is 30.3 Å². The molecule has 8 nitrogen and oxygen atoms in total. The first-order valence-electron chi connectivity index (χ1n) is 12.2. The summed E-state index contributed by atoms with van der Waals surface area (Å²) in [6.45, 7) is 1.84.